The van der Waals surface area contributed by atoms with Gasteiger partial charge in [0.25, 0.3) is 0 Å². The van der Waals surface area contributed by atoms with Gasteiger partial charge >= 0.3 is 5.82 Å². The average molecular weight is 289 g/mol. The lowest BCUT2D eigenvalue weighted by molar-refractivity contribution is -0.389. The van der Waals surface area contributed by atoms with Crippen molar-refractivity contribution in [2.24, 2.45) is 5.84 Å². The first kappa shape index (κ1) is 14.7. The highest BCUT2D eigenvalue weighted by molar-refractivity contribution is 5.82. The molecule has 110 valence electrons. The minimum atomic E-state index is -0.535. The Kier molecular flexibility index (Phi) is 4.29. The van der Waals surface area contributed by atoms with Gasteiger partial charge in [-0.2, -0.15) is 0 Å². The molecule has 1 aromatic heterocycles. The van der Waals surface area contributed by atoms with Gasteiger partial charge in [-0.3, -0.25) is 10.2 Å². The number of benzene rings is 1. The van der Waals surface area contributed by atoms with E-state index in [1.807, 2.05) is 24.3 Å². The fraction of sp³-hybridized carbons (Fsp3) is 0.231. The minimum Gasteiger partial charge on any atom is -0.358 e. The zero-order chi connectivity index (χ0) is 15.4. The van der Waals surface area contributed by atoms with Crippen molar-refractivity contribution in [1.82, 2.24) is 15.0 Å². The molecule has 8 nitrogen and oxygen atoms in total. The van der Waals surface area contributed by atoms with Gasteiger partial charge < -0.3 is 14.7 Å². The molecule has 0 aliphatic heterocycles. The molecule has 0 aliphatic carbocycles. The van der Waals surface area contributed by atoms with E-state index in [1.54, 1.807) is 11.5 Å². The number of nitrogens with one attached hydrogen (secondary N) is 1. The molecule has 0 fully saturated rings. The highest BCUT2D eigenvalue weighted by atomic mass is 16.6. The van der Waals surface area contributed by atoms with E-state index in [1.165, 1.54) is 12.5 Å². The first-order valence-corrected chi connectivity index (χ1v) is 6.26. The smallest absolute Gasteiger partial charge is 0.358 e. The number of hydrogen-bond acceptors (Lipinski definition) is 5. The Bertz CT molecular complexity index is 650. The molecule has 21 heavy (non-hydrogen) atoms. The predicted octanol–water partition coefficient (Wildman–Crippen LogP) is 0.933. The molecule has 0 saturated heterocycles. The lowest BCUT2D eigenvalue weighted by Gasteiger charge is -2.10. The van der Waals surface area contributed by atoms with Gasteiger partial charge in [-0.15, -0.1) is 0 Å². The Morgan fingerprint density at radius 3 is 2.67 bits per heavy atom. The van der Waals surface area contributed by atoms with Gasteiger partial charge in [0.1, 0.15) is 6.20 Å². The molecule has 0 bridgehead atoms. The van der Waals surface area contributed by atoms with E-state index in [4.69, 9.17) is 5.84 Å². The Morgan fingerprint density at radius 1 is 1.48 bits per heavy atom. The second-order valence-electron chi connectivity index (χ2n) is 4.63. The summed E-state index contributed by atoms with van der Waals surface area (Å²) in [5, 5.41) is 10.6. The molecular formula is C13H15N5O3. The molecule has 1 atom stereocenters. The molecule has 0 aliphatic rings. The molecule has 0 radical (unpaired) electrons. The summed E-state index contributed by atoms with van der Waals surface area (Å²) in [6, 6.07) is 7.39. The second-order valence-corrected chi connectivity index (χ2v) is 4.63. The summed E-state index contributed by atoms with van der Waals surface area (Å²) >= 11 is 0. The maximum Gasteiger partial charge on any atom is 0.381 e. The van der Waals surface area contributed by atoms with Gasteiger partial charge in [-0.25, -0.2) is 5.84 Å². The molecule has 0 saturated carbocycles. The zero-order valence-corrected chi connectivity index (χ0v) is 11.4. The topological polar surface area (TPSA) is 116 Å². The fourth-order valence-corrected chi connectivity index (χ4v) is 1.93. The summed E-state index contributed by atoms with van der Waals surface area (Å²) < 4.78 is 1.63. The van der Waals surface area contributed by atoms with Crippen molar-refractivity contribution in [2.45, 2.75) is 19.4 Å². The number of rotatable bonds is 5. The summed E-state index contributed by atoms with van der Waals surface area (Å²) in [4.78, 5) is 25.2. The van der Waals surface area contributed by atoms with Crippen LogP contribution in [0.15, 0.2) is 36.8 Å². The maximum absolute atomic E-state index is 11.4. The van der Waals surface area contributed by atoms with Crippen LogP contribution in [0.3, 0.4) is 0 Å². The third-order valence-electron chi connectivity index (χ3n) is 3.19. The number of hydrazine groups is 1. The SMILES string of the molecule is CC(C(=O)NN)c1ccc(Cn2cnc([N+](=O)[O-])c2)cc1. The van der Waals surface area contributed by atoms with Crippen molar-refractivity contribution in [1.29, 1.82) is 0 Å². The fourth-order valence-electron chi connectivity index (χ4n) is 1.93. The molecule has 8 heteroatoms. The number of aromatic nitrogens is 2. The summed E-state index contributed by atoms with van der Waals surface area (Å²) in [5.74, 6) is 4.33. The number of nitro groups is 1. The number of imidazole rings is 1. The summed E-state index contributed by atoms with van der Waals surface area (Å²) in [6.45, 7) is 2.23. The van der Waals surface area contributed by atoms with Crippen LogP contribution in [0.1, 0.15) is 24.0 Å². The molecule has 3 N–H and O–H groups in total. The number of nitrogens with two attached hydrogens (primary N) is 1. The number of carbonyl (C=O) groups is 1. The predicted molar refractivity (Wildman–Crippen MR) is 75.2 cm³/mol. The third-order valence-corrected chi connectivity index (χ3v) is 3.19. The van der Waals surface area contributed by atoms with Crippen LogP contribution in [-0.4, -0.2) is 20.4 Å². The number of carbonyl (C=O) groups excluding carboxylic acids is 1. The van der Waals surface area contributed by atoms with Crippen LogP contribution < -0.4 is 11.3 Å². The van der Waals surface area contributed by atoms with Gasteiger partial charge in [0.2, 0.25) is 12.2 Å². The third kappa shape index (κ3) is 3.42. The Labute approximate surface area is 120 Å². The Morgan fingerprint density at radius 2 is 2.14 bits per heavy atom. The van der Waals surface area contributed by atoms with Gasteiger partial charge in [0, 0.05) is 0 Å². The van der Waals surface area contributed by atoms with Gasteiger partial charge in [-0.05, 0) is 28.0 Å². The van der Waals surface area contributed by atoms with Crippen molar-refractivity contribution >= 4 is 11.7 Å². The summed E-state index contributed by atoms with van der Waals surface area (Å²) in [7, 11) is 0. The largest absolute Gasteiger partial charge is 0.381 e. The van der Waals surface area contributed by atoms with Crippen LogP contribution >= 0.6 is 0 Å². The highest BCUT2D eigenvalue weighted by Crippen LogP contribution is 2.17. The average Bonchev–Trinajstić information content (AvgIpc) is 2.95. The Balaban J connectivity index is 2.08. The molecular weight excluding hydrogens is 274 g/mol. The zero-order valence-electron chi connectivity index (χ0n) is 11.4. The van der Waals surface area contributed by atoms with Gasteiger partial charge in [0.15, 0.2) is 0 Å². The monoisotopic (exact) mass is 289 g/mol. The minimum absolute atomic E-state index is 0.181. The van der Waals surface area contributed by atoms with E-state index in [0.29, 0.717) is 6.54 Å². The van der Waals surface area contributed by atoms with Crippen LogP contribution in [-0.2, 0) is 11.3 Å². The van der Waals surface area contributed by atoms with E-state index in [-0.39, 0.29) is 17.6 Å². The lowest BCUT2D eigenvalue weighted by atomic mass is 9.99. The molecule has 2 aromatic rings. The molecule has 0 spiro atoms. The number of amides is 1. The summed E-state index contributed by atoms with van der Waals surface area (Å²) in [6.07, 6.45) is 2.79. The van der Waals surface area contributed by atoms with Crippen molar-refractivity contribution in [3.05, 3.63) is 58.0 Å². The molecule has 1 heterocycles. The van der Waals surface area contributed by atoms with Crippen molar-refractivity contribution < 1.29 is 9.72 Å². The molecule has 2 rings (SSSR count). The normalized spacial score (nSPS) is 11.9. The molecule has 1 amide bonds. The Hall–Kier alpha value is -2.74. The molecule has 1 aromatic carbocycles. The van der Waals surface area contributed by atoms with E-state index in [9.17, 15) is 14.9 Å². The van der Waals surface area contributed by atoms with Gasteiger partial charge in [-0.1, -0.05) is 24.3 Å². The molecule has 1 unspecified atom stereocenters. The maximum atomic E-state index is 11.4. The van der Waals surface area contributed by atoms with Crippen molar-refractivity contribution in [2.75, 3.05) is 0 Å². The van der Waals surface area contributed by atoms with Gasteiger partial charge in [0.05, 0.1) is 12.5 Å². The van der Waals surface area contributed by atoms with Crippen LogP contribution in [0.2, 0.25) is 0 Å². The quantitative estimate of drug-likeness (QED) is 0.367. The lowest BCUT2D eigenvalue weighted by Crippen LogP contribution is -2.33. The number of nitrogens with zero attached hydrogens (tertiary/aromatic N) is 3. The van der Waals surface area contributed by atoms with Crippen LogP contribution in [0, 0.1) is 10.1 Å². The number of hydrogen-bond donors (Lipinski definition) is 2. The summed E-state index contributed by atoms with van der Waals surface area (Å²) in [5.41, 5.74) is 3.91. The van der Waals surface area contributed by atoms with Crippen LogP contribution in [0.5, 0.6) is 0 Å². The van der Waals surface area contributed by atoms with E-state index in [2.05, 4.69) is 10.4 Å². The van der Waals surface area contributed by atoms with E-state index >= 15 is 0 Å². The standard InChI is InChI=1S/C13H15N5O3/c1-9(13(19)16-14)11-4-2-10(3-5-11)6-17-7-12(15-8-17)18(20)21/h2-5,7-9H,6,14H2,1H3,(H,16,19). The van der Waals surface area contributed by atoms with Crippen molar-refractivity contribution in [3.63, 3.8) is 0 Å². The first-order chi connectivity index (χ1) is 10.0. The van der Waals surface area contributed by atoms with Crippen LogP contribution in [0.25, 0.3) is 0 Å². The van der Waals surface area contributed by atoms with Crippen molar-refractivity contribution in [3.8, 4) is 0 Å². The first-order valence-electron chi connectivity index (χ1n) is 6.26. The highest BCUT2D eigenvalue weighted by Gasteiger charge is 2.14. The second kappa shape index (κ2) is 6.14. The van der Waals surface area contributed by atoms with E-state index in [0.717, 1.165) is 11.1 Å². The van der Waals surface area contributed by atoms with E-state index < -0.39 is 4.92 Å². The van der Waals surface area contributed by atoms with Crippen LogP contribution in [0.4, 0.5) is 5.82 Å².